The number of fused-ring (bicyclic) bond motifs is 1. The Morgan fingerprint density at radius 3 is 2.81 bits per heavy atom. The summed E-state index contributed by atoms with van der Waals surface area (Å²) >= 11 is 6.12. The highest BCUT2D eigenvalue weighted by Crippen LogP contribution is 2.27. The minimum atomic E-state index is -0.559. The van der Waals surface area contributed by atoms with Crippen LogP contribution in [-0.2, 0) is 4.79 Å². The van der Waals surface area contributed by atoms with Crippen LogP contribution in [0, 0.1) is 0 Å². The van der Waals surface area contributed by atoms with E-state index in [0.29, 0.717) is 34.2 Å². The highest BCUT2D eigenvalue weighted by atomic mass is 35.5. The Morgan fingerprint density at radius 1 is 1.26 bits per heavy atom. The van der Waals surface area contributed by atoms with Gasteiger partial charge in [-0.15, -0.1) is 0 Å². The number of benzene rings is 1. The molecule has 1 saturated heterocycles. The molecule has 3 heterocycles. The van der Waals surface area contributed by atoms with E-state index in [0.717, 1.165) is 18.4 Å². The summed E-state index contributed by atoms with van der Waals surface area (Å²) < 4.78 is 1.59. The summed E-state index contributed by atoms with van der Waals surface area (Å²) in [5, 5.41) is 16.3. The molecule has 2 fully saturated rings. The first-order chi connectivity index (χ1) is 15.0. The van der Waals surface area contributed by atoms with E-state index in [4.69, 9.17) is 11.6 Å². The SMILES string of the molecule is C[C@H](Nc1nc(NC2CC2)n2ncc(/C=C3\NC(=O)NC3=O)c2n1)c1cccc(Cl)c1. The van der Waals surface area contributed by atoms with Gasteiger partial charge in [0, 0.05) is 16.6 Å². The van der Waals surface area contributed by atoms with Crippen molar-refractivity contribution in [2.45, 2.75) is 31.8 Å². The number of anilines is 2. The number of hydrogen-bond donors (Lipinski definition) is 4. The molecule has 1 aliphatic carbocycles. The van der Waals surface area contributed by atoms with Crippen molar-refractivity contribution in [3.8, 4) is 0 Å². The zero-order chi connectivity index (χ0) is 21.5. The molecule has 1 aromatic carbocycles. The Morgan fingerprint density at radius 2 is 2.10 bits per heavy atom. The van der Waals surface area contributed by atoms with Crippen molar-refractivity contribution in [2.75, 3.05) is 10.6 Å². The molecule has 0 unspecified atom stereocenters. The second kappa shape index (κ2) is 7.55. The van der Waals surface area contributed by atoms with Gasteiger partial charge < -0.3 is 16.0 Å². The van der Waals surface area contributed by atoms with Gasteiger partial charge in [0.2, 0.25) is 11.9 Å². The zero-order valence-electron chi connectivity index (χ0n) is 16.5. The van der Waals surface area contributed by atoms with Crippen molar-refractivity contribution in [3.63, 3.8) is 0 Å². The van der Waals surface area contributed by atoms with E-state index in [1.807, 2.05) is 31.2 Å². The quantitative estimate of drug-likeness (QED) is 0.344. The molecule has 0 radical (unpaired) electrons. The van der Waals surface area contributed by atoms with Crippen LogP contribution in [0.25, 0.3) is 11.7 Å². The second-order valence-electron chi connectivity index (χ2n) is 7.51. The van der Waals surface area contributed by atoms with Crippen LogP contribution in [0.4, 0.5) is 16.7 Å². The molecule has 4 N–H and O–H groups in total. The number of urea groups is 1. The summed E-state index contributed by atoms with van der Waals surface area (Å²) in [6.45, 7) is 1.99. The molecule has 31 heavy (non-hydrogen) atoms. The van der Waals surface area contributed by atoms with Crippen molar-refractivity contribution in [2.24, 2.45) is 0 Å². The lowest BCUT2D eigenvalue weighted by molar-refractivity contribution is -0.115. The highest BCUT2D eigenvalue weighted by molar-refractivity contribution is 6.30. The predicted octanol–water partition coefficient (Wildman–Crippen LogP) is 2.71. The van der Waals surface area contributed by atoms with E-state index in [2.05, 4.69) is 36.3 Å². The van der Waals surface area contributed by atoms with Crippen LogP contribution in [0.3, 0.4) is 0 Å². The van der Waals surface area contributed by atoms with Crippen LogP contribution in [0.15, 0.2) is 36.2 Å². The second-order valence-corrected chi connectivity index (χ2v) is 7.95. The van der Waals surface area contributed by atoms with Gasteiger partial charge in [-0.3, -0.25) is 10.1 Å². The third-order valence-electron chi connectivity index (χ3n) is 5.02. The van der Waals surface area contributed by atoms with Gasteiger partial charge in [0.25, 0.3) is 5.91 Å². The molecule has 3 amide bonds. The van der Waals surface area contributed by atoms with Crippen LogP contribution < -0.4 is 21.3 Å². The summed E-state index contributed by atoms with van der Waals surface area (Å²) in [6.07, 6.45) is 5.26. The number of nitrogens with one attached hydrogen (secondary N) is 4. The molecule has 11 heteroatoms. The van der Waals surface area contributed by atoms with Gasteiger partial charge in [0.15, 0.2) is 5.65 Å². The van der Waals surface area contributed by atoms with Gasteiger partial charge >= 0.3 is 6.03 Å². The number of rotatable bonds is 6. The smallest absolute Gasteiger partial charge is 0.326 e. The summed E-state index contributed by atoms with van der Waals surface area (Å²) in [4.78, 5) is 32.5. The molecule has 158 valence electrons. The molecular weight excluding hydrogens is 420 g/mol. The third kappa shape index (κ3) is 4.02. The molecule has 1 atom stereocenters. The van der Waals surface area contributed by atoms with E-state index < -0.39 is 11.9 Å². The van der Waals surface area contributed by atoms with Gasteiger partial charge in [-0.25, -0.2) is 4.79 Å². The maximum absolute atomic E-state index is 11.9. The van der Waals surface area contributed by atoms with Gasteiger partial charge in [-0.1, -0.05) is 23.7 Å². The number of hydrogen-bond acceptors (Lipinski definition) is 7. The summed E-state index contributed by atoms with van der Waals surface area (Å²) in [7, 11) is 0. The van der Waals surface area contributed by atoms with Crippen molar-refractivity contribution in [1.29, 1.82) is 0 Å². The zero-order valence-corrected chi connectivity index (χ0v) is 17.3. The summed E-state index contributed by atoms with van der Waals surface area (Å²) in [6, 6.07) is 7.26. The molecule has 10 nitrogen and oxygen atoms in total. The van der Waals surface area contributed by atoms with Gasteiger partial charge in [-0.2, -0.15) is 19.6 Å². The molecular formula is C20H19ClN8O2. The number of carbonyl (C=O) groups excluding carboxylic acids is 2. The molecule has 3 aromatic rings. The van der Waals surface area contributed by atoms with Crippen LogP contribution in [0.2, 0.25) is 5.02 Å². The number of aromatic nitrogens is 4. The number of nitrogens with zero attached hydrogens (tertiary/aromatic N) is 4. The van der Waals surface area contributed by atoms with E-state index >= 15 is 0 Å². The largest absolute Gasteiger partial charge is 0.351 e. The minimum Gasteiger partial charge on any atom is -0.351 e. The Bertz CT molecular complexity index is 1230. The Hall–Kier alpha value is -3.66. The monoisotopic (exact) mass is 438 g/mol. The summed E-state index contributed by atoms with van der Waals surface area (Å²) in [5.41, 5.74) is 2.21. The standard InChI is InChI=1S/C20H19ClN8O2/c1-10(11-3-2-4-13(21)7-11)23-18-26-16-12(8-15-17(30)27-20(31)25-15)9-22-29(16)19(28-18)24-14-5-6-14/h2-4,7-10,14H,5-6H2,1H3,(H2,23,24,26,28)(H2,25,27,30,31)/b15-8-/t10-/m0/s1. The molecule has 0 bridgehead atoms. The Kier molecular flexibility index (Phi) is 4.70. The van der Waals surface area contributed by atoms with E-state index in [9.17, 15) is 9.59 Å². The fraction of sp³-hybridized carbons (Fsp3) is 0.250. The number of imide groups is 1. The molecule has 5 rings (SSSR count). The Labute approximate surface area is 182 Å². The minimum absolute atomic E-state index is 0.0976. The van der Waals surface area contributed by atoms with E-state index in [1.165, 1.54) is 0 Å². The van der Waals surface area contributed by atoms with Crippen LogP contribution in [0.1, 0.15) is 36.9 Å². The number of halogens is 1. The van der Waals surface area contributed by atoms with Gasteiger partial charge in [0.05, 0.1) is 12.2 Å². The molecule has 1 saturated carbocycles. The fourth-order valence-electron chi connectivity index (χ4n) is 3.26. The molecule has 0 spiro atoms. The molecule has 1 aliphatic heterocycles. The fourth-order valence-corrected chi connectivity index (χ4v) is 3.45. The van der Waals surface area contributed by atoms with Crippen molar-refractivity contribution >= 4 is 47.2 Å². The van der Waals surface area contributed by atoms with Gasteiger partial charge in [-0.05, 0) is 43.5 Å². The number of carbonyl (C=O) groups is 2. The van der Waals surface area contributed by atoms with Crippen molar-refractivity contribution in [3.05, 3.63) is 52.3 Å². The van der Waals surface area contributed by atoms with Crippen LogP contribution in [0.5, 0.6) is 0 Å². The molecule has 2 aromatic heterocycles. The van der Waals surface area contributed by atoms with E-state index in [1.54, 1.807) is 16.8 Å². The normalized spacial score (nSPS) is 18.2. The number of amides is 3. The summed E-state index contributed by atoms with van der Waals surface area (Å²) in [5.74, 6) is 0.462. The Balaban J connectivity index is 1.53. The van der Waals surface area contributed by atoms with Crippen LogP contribution >= 0.6 is 11.6 Å². The third-order valence-corrected chi connectivity index (χ3v) is 5.26. The van der Waals surface area contributed by atoms with Gasteiger partial charge in [0.1, 0.15) is 5.70 Å². The maximum atomic E-state index is 11.9. The van der Waals surface area contributed by atoms with Crippen molar-refractivity contribution in [1.82, 2.24) is 30.2 Å². The molecule has 2 aliphatic rings. The lowest BCUT2D eigenvalue weighted by Gasteiger charge is -2.16. The average molecular weight is 439 g/mol. The first-order valence-electron chi connectivity index (χ1n) is 9.84. The first kappa shape index (κ1) is 19.3. The first-order valence-corrected chi connectivity index (χ1v) is 10.2. The lowest BCUT2D eigenvalue weighted by Crippen LogP contribution is -2.22. The lowest BCUT2D eigenvalue weighted by atomic mass is 10.1. The topological polar surface area (TPSA) is 125 Å². The average Bonchev–Trinajstić information content (AvgIpc) is 3.37. The maximum Gasteiger partial charge on any atom is 0.326 e. The van der Waals surface area contributed by atoms with Crippen molar-refractivity contribution < 1.29 is 9.59 Å². The predicted molar refractivity (Wildman–Crippen MR) is 116 cm³/mol. The van der Waals surface area contributed by atoms with E-state index in [-0.39, 0.29) is 11.7 Å². The van der Waals surface area contributed by atoms with Crippen LogP contribution in [-0.4, -0.2) is 37.6 Å². The highest BCUT2D eigenvalue weighted by Gasteiger charge is 2.26.